The molecule has 0 aliphatic heterocycles. The number of aliphatic hydroxyl groups is 2. The van der Waals surface area contributed by atoms with E-state index in [1.54, 1.807) is 5.57 Å². The third-order valence-electron chi connectivity index (χ3n) is 8.36. The number of hydrogen-bond donors (Lipinski definition) is 2. The minimum atomic E-state index is -0.535. The molecule has 0 spiro atoms. The smallest absolute Gasteiger partial charge is 0.0591 e. The largest absolute Gasteiger partial charge is 0.393 e. The van der Waals surface area contributed by atoms with Crippen LogP contribution in [0.5, 0.6) is 0 Å². The molecule has 2 nitrogen and oxygen atoms in total. The van der Waals surface area contributed by atoms with Crippen LogP contribution in [-0.4, -0.2) is 21.9 Å². The van der Waals surface area contributed by atoms with E-state index in [9.17, 15) is 10.2 Å². The summed E-state index contributed by atoms with van der Waals surface area (Å²) in [5, 5.41) is 20.1. The second kappa shape index (κ2) is 9.10. The van der Waals surface area contributed by atoms with E-state index >= 15 is 0 Å². The van der Waals surface area contributed by atoms with Crippen LogP contribution in [0.4, 0.5) is 0 Å². The Kier molecular flexibility index (Phi) is 7.16. The minimum Gasteiger partial charge on any atom is -0.393 e. The molecule has 0 saturated heterocycles. The highest BCUT2D eigenvalue weighted by molar-refractivity contribution is 5.36. The summed E-state index contributed by atoms with van der Waals surface area (Å²) in [4.78, 5) is 0. The minimum absolute atomic E-state index is 0.192. The summed E-state index contributed by atoms with van der Waals surface area (Å²) in [5.74, 6) is 2.26. The van der Waals surface area contributed by atoms with E-state index in [0.29, 0.717) is 5.41 Å². The number of rotatable bonds is 6. The van der Waals surface area contributed by atoms with E-state index in [1.807, 2.05) is 13.8 Å². The Morgan fingerprint density at radius 2 is 1.97 bits per heavy atom. The van der Waals surface area contributed by atoms with E-state index in [0.717, 1.165) is 49.9 Å². The molecule has 29 heavy (non-hydrogen) atoms. The van der Waals surface area contributed by atoms with Gasteiger partial charge < -0.3 is 10.2 Å². The Balaban J connectivity index is 1.68. The van der Waals surface area contributed by atoms with E-state index < -0.39 is 5.60 Å². The SMILES string of the molecule is C=C1CC[C@H](O)C/C1=C\C=C1/CCC[C@@]2(C)[C@@H]1CC[C@@H]2[C@H](C)CCCC(C)(C)O. The lowest BCUT2D eigenvalue weighted by atomic mass is 9.60. The van der Waals surface area contributed by atoms with Crippen molar-refractivity contribution in [3.05, 3.63) is 35.5 Å². The first-order valence-corrected chi connectivity index (χ1v) is 12.1. The monoisotopic (exact) mass is 400 g/mol. The first-order valence-electron chi connectivity index (χ1n) is 12.1. The van der Waals surface area contributed by atoms with Crippen LogP contribution in [0, 0.1) is 23.2 Å². The van der Waals surface area contributed by atoms with Crippen LogP contribution in [0.15, 0.2) is 35.5 Å². The molecule has 0 aromatic rings. The highest BCUT2D eigenvalue weighted by Crippen LogP contribution is 2.60. The van der Waals surface area contributed by atoms with Crippen LogP contribution >= 0.6 is 0 Å². The molecular weight excluding hydrogens is 356 g/mol. The fourth-order valence-corrected chi connectivity index (χ4v) is 6.67. The van der Waals surface area contributed by atoms with Crippen LogP contribution in [0.25, 0.3) is 0 Å². The van der Waals surface area contributed by atoms with Crippen LogP contribution in [-0.2, 0) is 0 Å². The normalized spacial score (nSPS) is 37.2. The van der Waals surface area contributed by atoms with Gasteiger partial charge in [0.1, 0.15) is 0 Å². The van der Waals surface area contributed by atoms with Gasteiger partial charge in [-0.05, 0) is 100 Å². The van der Waals surface area contributed by atoms with Crippen molar-refractivity contribution in [2.45, 2.75) is 110 Å². The van der Waals surface area contributed by atoms with Crippen molar-refractivity contribution in [1.29, 1.82) is 0 Å². The molecule has 164 valence electrons. The fraction of sp³-hybridized carbons (Fsp3) is 0.778. The molecule has 0 aromatic carbocycles. The second-order valence-corrected chi connectivity index (χ2v) is 11.2. The molecule has 0 aromatic heterocycles. The predicted octanol–water partition coefficient (Wildman–Crippen LogP) is 6.73. The van der Waals surface area contributed by atoms with E-state index in [2.05, 4.69) is 32.6 Å². The molecule has 0 bridgehead atoms. The number of fused-ring (bicyclic) bond motifs is 1. The van der Waals surface area contributed by atoms with Gasteiger partial charge in [0.15, 0.2) is 0 Å². The van der Waals surface area contributed by atoms with Gasteiger partial charge in [0, 0.05) is 0 Å². The maximum Gasteiger partial charge on any atom is 0.0591 e. The molecule has 3 aliphatic rings. The second-order valence-electron chi connectivity index (χ2n) is 11.2. The zero-order valence-electron chi connectivity index (χ0n) is 19.3. The van der Waals surface area contributed by atoms with Crippen LogP contribution in [0.3, 0.4) is 0 Å². The molecule has 0 unspecified atom stereocenters. The number of hydrogen-bond acceptors (Lipinski definition) is 2. The first-order chi connectivity index (χ1) is 13.6. The van der Waals surface area contributed by atoms with Gasteiger partial charge in [-0.2, -0.15) is 0 Å². The lowest BCUT2D eigenvalue weighted by Crippen LogP contribution is -2.36. The van der Waals surface area contributed by atoms with Crippen molar-refractivity contribution >= 4 is 0 Å². The Bertz CT molecular complexity index is 650. The number of allylic oxidation sites excluding steroid dienone is 4. The molecule has 3 aliphatic carbocycles. The third kappa shape index (κ3) is 5.44. The number of aliphatic hydroxyl groups excluding tert-OH is 1. The van der Waals surface area contributed by atoms with Gasteiger partial charge in [0.2, 0.25) is 0 Å². The van der Waals surface area contributed by atoms with Gasteiger partial charge in [-0.25, -0.2) is 0 Å². The summed E-state index contributed by atoms with van der Waals surface area (Å²) in [6, 6.07) is 0. The maximum absolute atomic E-state index is 10.0. The third-order valence-corrected chi connectivity index (χ3v) is 8.36. The van der Waals surface area contributed by atoms with Gasteiger partial charge in [-0.15, -0.1) is 0 Å². The van der Waals surface area contributed by atoms with Crippen molar-refractivity contribution in [2.24, 2.45) is 23.2 Å². The Hall–Kier alpha value is -0.860. The Morgan fingerprint density at radius 3 is 2.69 bits per heavy atom. The Labute approximate surface area is 179 Å². The van der Waals surface area contributed by atoms with Crippen molar-refractivity contribution in [2.75, 3.05) is 0 Å². The molecule has 2 N–H and O–H groups in total. The highest BCUT2D eigenvalue weighted by Gasteiger charge is 2.50. The molecule has 2 heteroatoms. The van der Waals surface area contributed by atoms with Gasteiger partial charge in [-0.1, -0.05) is 56.6 Å². The maximum atomic E-state index is 10.0. The summed E-state index contributed by atoms with van der Waals surface area (Å²) in [5.41, 5.74) is 4.02. The topological polar surface area (TPSA) is 40.5 Å². The molecule has 0 heterocycles. The summed E-state index contributed by atoms with van der Waals surface area (Å²) < 4.78 is 0. The Morgan fingerprint density at radius 1 is 1.21 bits per heavy atom. The standard InChI is InChI=1S/C27H44O2/c1-19-10-13-23(28)18-22(19)12-11-21-9-7-17-27(5)24(14-15-25(21)27)20(2)8-6-16-26(3,4)29/h11-12,20,23-25,28-29H,1,6-10,13-18H2,2-5H3/b21-11+,22-12+/t20-,23+,24-,25-,27-/m1/s1. The summed E-state index contributed by atoms with van der Waals surface area (Å²) >= 11 is 0. The first kappa shape index (κ1) is 22.8. The van der Waals surface area contributed by atoms with Crippen molar-refractivity contribution < 1.29 is 10.2 Å². The highest BCUT2D eigenvalue weighted by atomic mass is 16.3. The van der Waals surface area contributed by atoms with E-state index in [-0.39, 0.29) is 6.10 Å². The molecule has 0 amide bonds. The van der Waals surface area contributed by atoms with Crippen molar-refractivity contribution in [3.63, 3.8) is 0 Å². The van der Waals surface area contributed by atoms with Gasteiger partial charge >= 0.3 is 0 Å². The summed E-state index contributed by atoms with van der Waals surface area (Å²) in [6.07, 6.45) is 16.9. The average molecular weight is 401 g/mol. The molecule has 5 atom stereocenters. The van der Waals surface area contributed by atoms with E-state index in [4.69, 9.17) is 0 Å². The van der Waals surface area contributed by atoms with E-state index in [1.165, 1.54) is 49.7 Å². The van der Waals surface area contributed by atoms with Crippen LogP contribution in [0.2, 0.25) is 0 Å². The lowest BCUT2D eigenvalue weighted by Gasteiger charge is -2.44. The van der Waals surface area contributed by atoms with Gasteiger partial charge in [0.25, 0.3) is 0 Å². The quantitative estimate of drug-likeness (QED) is 0.518. The molecular formula is C27H44O2. The molecule has 3 rings (SSSR count). The fourth-order valence-electron chi connectivity index (χ4n) is 6.67. The summed E-state index contributed by atoms with van der Waals surface area (Å²) in [6.45, 7) is 13.1. The molecule has 3 saturated carbocycles. The van der Waals surface area contributed by atoms with Crippen molar-refractivity contribution in [3.8, 4) is 0 Å². The average Bonchev–Trinajstić information content (AvgIpc) is 2.99. The lowest BCUT2D eigenvalue weighted by molar-refractivity contribution is 0.0596. The molecule has 3 fully saturated rings. The van der Waals surface area contributed by atoms with Gasteiger partial charge in [0.05, 0.1) is 11.7 Å². The molecule has 0 radical (unpaired) electrons. The van der Waals surface area contributed by atoms with Crippen LogP contribution in [0.1, 0.15) is 98.3 Å². The van der Waals surface area contributed by atoms with Crippen molar-refractivity contribution in [1.82, 2.24) is 0 Å². The zero-order valence-corrected chi connectivity index (χ0v) is 19.3. The zero-order chi connectivity index (χ0) is 21.2. The predicted molar refractivity (Wildman–Crippen MR) is 123 cm³/mol. The van der Waals surface area contributed by atoms with Crippen LogP contribution < -0.4 is 0 Å². The van der Waals surface area contributed by atoms with Gasteiger partial charge in [-0.3, -0.25) is 0 Å². The summed E-state index contributed by atoms with van der Waals surface area (Å²) in [7, 11) is 0.